The van der Waals surface area contributed by atoms with Crippen molar-refractivity contribution in [2.24, 2.45) is 5.92 Å². The SMILES string of the molecule is Cc1nn(CC(C)C)c(C)c1CC(=O)Nc1cccc(CN2CCSCC2)c1C. The maximum Gasteiger partial charge on any atom is 0.228 e. The van der Waals surface area contributed by atoms with Crippen LogP contribution in [0, 0.1) is 26.7 Å². The van der Waals surface area contributed by atoms with Crippen molar-refractivity contribution in [3.63, 3.8) is 0 Å². The predicted molar refractivity (Wildman–Crippen MR) is 123 cm³/mol. The number of hydrogen-bond donors (Lipinski definition) is 1. The Morgan fingerprint density at radius 1 is 1.21 bits per heavy atom. The van der Waals surface area contributed by atoms with Crippen LogP contribution in [-0.4, -0.2) is 45.2 Å². The van der Waals surface area contributed by atoms with E-state index in [1.54, 1.807) is 0 Å². The van der Waals surface area contributed by atoms with Crippen molar-refractivity contribution in [1.82, 2.24) is 14.7 Å². The third-order valence-electron chi connectivity index (χ3n) is 5.62. The summed E-state index contributed by atoms with van der Waals surface area (Å²) < 4.78 is 2.03. The molecule has 1 aromatic heterocycles. The molecule has 5 nitrogen and oxygen atoms in total. The Hall–Kier alpha value is -1.79. The van der Waals surface area contributed by atoms with E-state index in [0.29, 0.717) is 12.3 Å². The highest BCUT2D eigenvalue weighted by Crippen LogP contribution is 2.23. The molecule has 1 fully saturated rings. The number of anilines is 1. The van der Waals surface area contributed by atoms with E-state index in [1.165, 1.54) is 22.6 Å². The molecule has 29 heavy (non-hydrogen) atoms. The second kappa shape index (κ2) is 9.81. The highest BCUT2D eigenvalue weighted by Gasteiger charge is 2.17. The number of amides is 1. The Kier molecular flexibility index (Phi) is 7.41. The van der Waals surface area contributed by atoms with E-state index < -0.39 is 0 Å². The fraction of sp³-hybridized carbons (Fsp3) is 0.565. The highest BCUT2D eigenvalue weighted by molar-refractivity contribution is 7.99. The van der Waals surface area contributed by atoms with Crippen LogP contribution < -0.4 is 5.32 Å². The monoisotopic (exact) mass is 414 g/mol. The van der Waals surface area contributed by atoms with Crippen LogP contribution >= 0.6 is 11.8 Å². The molecule has 158 valence electrons. The lowest BCUT2D eigenvalue weighted by molar-refractivity contribution is -0.115. The molecule has 0 radical (unpaired) electrons. The number of benzene rings is 1. The maximum atomic E-state index is 12.8. The minimum atomic E-state index is 0.0231. The molecule has 2 aromatic rings. The third kappa shape index (κ3) is 5.64. The first-order valence-electron chi connectivity index (χ1n) is 10.6. The molecule has 6 heteroatoms. The first-order valence-corrected chi connectivity index (χ1v) is 11.7. The molecule has 1 saturated heterocycles. The van der Waals surface area contributed by atoms with Gasteiger partial charge in [-0.05, 0) is 43.9 Å². The van der Waals surface area contributed by atoms with E-state index in [0.717, 1.165) is 48.8 Å². The summed E-state index contributed by atoms with van der Waals surface area (Å²) in [5, 5.41) is 7.78. The second-order valence-corrected chi connectivity index (χ2v) is 9.65. The third-order valence-corrected chi connectivity index (χ3v) is 6.57. The molecule has 0 aliphatic carbocycles. The van der Waals surface area contributed by atoms with Gasteiger partial charge in [-0.1, -0.05) is 26.0 Å². The molecule has 1 aromatic carbocycles. The molecular formula is C23H34N4OS. The molecule has 0 bridgehead atoms. The van der Waals surface area contributed by atoms with Crippen molar-refractivity contribution in [1.29, 1.82) is 0 Å². The summed E-state index contributed by atoms with van der Waals surface area (Å²) in [6, 6.07) is 6.23. The van der Waals surface area contributed by atoms with Gasteiger partial charge in [0.05, 0.1) is 12.1 Å². The number of thioether (sulfide) groups is 1. The number of rotatable bonds is 7. The zero-order valence-corrected chi connectivity index (χ0v) is 19.2. The molecule has 1 aliphatic rings. The van der Waals surface area contributed by atoms with Crippen LogP contribution in [0.4, 0.5) is 5.69 Å². The molecule has 0 unspecified atom stereocenters. The van der Waals surface area contributed by atoms with Gasteiger partial charge < -0.3 is 5.32 Å². The van der Waals surface area contributed by atoms with Crippen molar-refractivity contribution in [3.05, 3.63) is 46.3 Å². The second-order valence-electron chi connectivity index (χ2n) is 8.43. The summed E-state index contributed by atoms with van der Waals surface area (Å²) in [5.41, 5.74) is 6.48. The number of carbonyl (C=O) groups excluding carboxylic acids is 1. The molecule has 1 aliphatic heterocycles. The van der Waals surface area contributed by atoms with Gasteiger partial charge in [-0.2, -0.15) is 16.9 Å². The van der Waals surface area contributed by atoms with Gasteiger partial charge in [0.1, 0.15) is 0 Å². The number of nitrogens with one attached hydrogen (secondary N) is 1. The summed E-state index contributed by atoms with van der Waals surface area (Å²) in [4.78, 5) is 15.3. The van der Waals surface area contributed by atoms with E-state index in [4.69, 9.17) is 0 Å². The number of hydrogen-bond acceptors (Lipinski definition) is 4. The fourth-order valence-electron chi connectivity index (χ4n) is 3.86. The van der Waals surface area contributed by atoms with Crippen LogP contribution in [0.5, 0.6) is 0 Å². The largest absolute Gasteiger partial charge is 0.326 e. The summed E-state index contributed by atoms with van der Waals surface area (Å²) in [7, 11) is 0. The van der Waals surface area contributed by atoms with Crippen molar-refractivity contribution in [3.8, 4) is 0 Å². The van der Waals surface area contributed by atoms with Gasteiger partial charge in [-0.25, -0.2) is 0 Å². The van der Waals surface area contributed by atoms with Gasteiger partial charge in [-0.3, -0.25) is 14.4 Å². The average molecular weight is 415 g/mol. The number of nitrogens with zero attached hydrogens (tertiary/aromatic N) is 3. The molecule has 2 heterocycles. The Morgan fingerprint density at radius 2 is 1.93 bits per heavy atom. The molecule has 0 atom stereocenters. The molecule has 1 N–H and O–H groups in total. The first-order chi connectivity index (χ1) is 13.8. The Morgan fingerprint density at radius 3 is 2.62 bits per heavy atom. The van der Waals surface area contributed by atoms with E-state index in [1.807, 2.05) is 35.5 Å². The van der Waals surface area contributed by atoms with Crippen molar-refractivity contribution in [2.45, 2.75) is 54.1 Å². The van der Waals surface area contributed by atoms with Gasteiger partial charge >= 0.3 is 0 Å². The Labute approximate surface area is 179 Å². The molecular weight excluding hydrogens is 380 g/mol. The van der Waals surface area contributed by atoms with Gasteiger partial charge in [0.15, 0.2) is 0 Å². The van der Waals surface area contributed by atoms with Crippen molar-refractivity contribution >= 4 is 23.4 Å². The zero-order valence-electron chi connectivity index (χ0n) is 18.4. The standard InChI is InChI=1S/C23H34N4OS/c1-16(2)14-27-19(5)21(18(4)25-27)13-23(28)24-22-8-6-7-20(17(22)3)15-26-9-11-29-12-10-26/h6-8,16H,9-15H2,1-5H3,(H,24,28). The van der Waals surface area contributed by atoms with E-state index in [9.17, 15) is 4.79 Å². The van der Waals surface area contributed by atoms with Crippen LogP contribution in [0.15, 0.2) is 18.2 Å². The summed E-state index contributed by atoms with van der Waals surface area (Å²) in [6.45, 7) is 14.6. The lowest BCUT2D eigenvalue weighted by atomic mass is 10.1. The molecule has 0 spiro atoms. The van der Waals surface area contributed by atoms with Gasteiger partial charge in [0, 0.05) is 54.6 Å². The van der Waals surface area contributed by atoms with Crippen LogP contribution in [0.1, 0.15) is 41.9 Å². The van der Waals surface area contributed by atoms with Crippen LogP contribution in [0.3, 0.4) is 0 Å². The van der Waals surface area contributed by atoms with Crippen LogP contribution in [-0.2, 0) is 24.3 Å². The highest BCUT2D eigenvalue weighted by atomic mass is 32.2. The Balaban J connectivity index is 1.68. The molecule has 0 saturated carbocycles. The summed E-state index contributed by atoms with van der Waals surface area (Å²) in [5.74, 6) is 2.96. The van der Waals surface area contributed by atoms with E-state index >= 15 is 0 Å². The van der Waals surface area contributed by atoms with Gasteiger partial charge in [0.25, 0.3) is 0 Å². The minimum absolute atomic E-state index is 0.0231. The van der Waals surface area contributed by atoms with Gasteiger partial charge in [-0.15, -0.1) is 0 Å². The molecule has 3 rings (SSSR count). The number of aryl methyl sites for hydroxylation is 1. The lowest BCUT2D eigenvalue weighted by Gasteiger charge is -2.27. The number of aromatic nitrogens is 2. The van der Waals surface area contributed by atoms with Crippen LogP contribution in [0.25, 0.3) is 0 Å². The van der Waals surface area contributed by atoms with E-state index in [-0.39, 0.29) is 5.91 Å². The zero-order chi connectivity index (χ0) is 21.0. The van der Waals surface area contributed by atoms with Crippen molar-refractivity contribution in [2.75, 3.05) is 29.9 Å². The lowest BCUT2D eigenvalue weighted by Crippen LogP contribution is -2.32. The summed E-state index contributed by atoms with van der Waals surface area (Å²) in [6.07, 6.45) is 0.364. The summed E-state index contributed by atoms with van der Waals surface area (Å²) >= 11 is 2.03. The number of carbonyl (C=O) groups is 1. The quantitative estimate of drug-likeness (QED) is 0.738. The normalized spacial score (nSPS) is 15.1. The predicted octanol–water partition coefficient (Wildman–Crippen LogP) is 4.19. The molecule has 1 amide bonds. The van der Waals surface area contributed by atoms with Gasteiger partial charge in [0.2, 0.25) is 5.91 Å². The van der Waals surface area contributed by atoms with Crippen LogP contribution in [0.2, 0.25) is 0 Å². The Bertz CT molecular complexity index is 853. The fourth-order valence-corrected chi connectivity index (χ4v) is 4.84. The van der Waals surface area contributed by atoms with Crippen molar-refractivity contribution < 1.29 is 4.79 Å². The smallest absolute Gasteiger partial charge is 0.228 e. The maximum absolute atomic E-state index is 12.8. The first kappa shape index (κ1) is 21.9. The topological polar surface area (TPSA) is 50.2 Å². The average Bonchev–Trinajstić information content (AvgIpc) is 2.92. The van der Waals surface area contributed by atoms with E-state index in [2.05, 4.69) is 49.1 Å². The minimum Gasteiger partial charge on any atom is -0.326 e.